The van der Waals surface area contributed by atoms with Crippen LogP contribution in [-0.4, -0.2) is 6.43 Å². The molecule has 2 N–H and O–H groups in total. The summed E-state index contributed by atoms with van der Waals surface area (Å²) in [5, 5.41) is 0. The summed E-state index contributed by atoms with van der Waals surface area (Å²) < 4.78 is 75.3. The first kappa shape index (κ1) is 16.1. The quantitative estimate of drug-likeness (QED) is 0.667. The molecular weight excluding hydrogens is 272 g/mol. The van der Waals surface area contributed by atoms with Gasteiger partial charge >= 0.3 is 0 Å². The molecule has 1 atom stereocenters. The van der Waals surface area contributed by atoms with Crippen LogP contribution in [0, 0.1) is 23.3 Å². The highest BCUT2D eigenvalue weighted by Gasteiger charge is 2.25. The summed E-state index contributed by atoms with van der Waals surface area (Å²) in [6.45, 7) is 0. The highest BCUT2D eigenvalue weighted by atomic mass is 35.5. The van der Waals surface area contributed by atoms with Crippen molar-refractivity contribution in [3.05, 3.63) is 34.9 Å². The third-order valence-electron chi connectivity index (χ3n) is 1.95. The Morgan fingerprint density at radius 1 is 1.00 bits per heavy atom. The number of alkyl halides is 2. The lowest BCUT2D eigenvalue weighted by molar-refractivity contribution is 0.127. The van der Waals surface area contributed by atoms with Gasteiger partial charge in [-0.15, -0.1) is 12.4 Å². The summed E-state index contributed by atoms with van der Waals surface area (Å²) in [5.74, 6) is -6.82. The number of halogens is 7. The van der Waals surface area contributed by atoms with Crippen molar-refractivity contribution in [2.24, 2.45) is 5.73 Å². The van der Waals surface area contributed by atoms with Gasteiger partial charge in [-0.05, 0) is 0 Å². The van der Waals surface area contributed by atoms with Crippen molar-refractivity contribution in [3.63, 3.8) is 0 Å². The molecule has 0 spiro atoms. The zero-order valence-electron chi connectivity index (χ0n) is 8.19. The van der Waals surface area contributed by atoms with E-state index in [1.807, 2.05) is 0 Å². The van der Waals surface area contributed by atoms with Crippen LogP contribution >= 0.6 is 12.4 Å². The number of hydrogen-bond acceptors (Lipinski definition) is 1. The van der Waals surface area contributed by atoms with E-state index in [0.717, 1.165) is 0 Å². The van der Waals surface area contributed by atoms with Gasteiger partial charge in [0.15, 0.2) is 23.3 Å². The minimum absolute atomic E-state index is 0. The molecule has 1 rings (SSSR count). The Balaban J connectivity index is 0.00000256. The predicted molar refractivity (Wildman–Crippen MR) is 51.1 cm³/mol. The van der Waals surface area contributed by atoms with E-state index in [2.05, 4.69) is 0 Å². The second-order valence-electron chi connectivity index (χ2n) is 3.12. The first-order chi connectivity index (χ1) is 7.34. The molecule has 1 aromatic rings. The van der Waals surface area contributed by atoms with Gasteiger partial charge in [0.2, 0.25) is 6.43 Å². The molecule has 0 saturated carbocycles. The van der Waals surface area contributed by atoms with Gasteiger partial charge < -0.3 is 5.73 Å². The van der Waals surface area contributed by atoms with E-state index >= 15 is 0 Å². The molecule has 0 bridgehead atoms. The molecule has 0 saturated heterocycles. The standard InChI is InChI=1S/C9H7F6N.ClH/c10-3-1-4(11)9(15)7(8(3)14)5(16)2-6(12)13;/h1,5-6H,2,16H2;1H/t5-;/m1./s1. The van der Waals surface area contributed by atoms with E-state index in [1.165, 1.54) is 0 Å². The van der Waals surface area contributed by atoms with Gasteiger partial charge in [0, 0.05) is 24.1 Å². The van der Waals surface area contributed by atoms with Crippen LogP contribution in [0.4, 0.5) is 26.3 Å². The first-order valence-corrected chi connectivity index (χ1v) is 4.21. The van der Waals surface area contributed by atoms with Crippen LogP contribution in [0.3, 0.4) is 0 Å². The van der Waals surface area contributed by atoms with Crippen LogP contribution < -0.4 is 5.73 Å². The maximum absolute atomic E-state index is 13.0. The maximum atomic E-state index is 13.0. The molecule has 17 heavy (non-hydrogen) atoms. The van der Waals surface area contributed by atoms with Crippen molar-refractivity contribution < 1.29 is 26.3 Å². The van der Waals surface area contributed by atoms with Gasteiger partial charge in [-0.2, -0.15) is 0 Å². The van der Waals surface area contributed by atoms with Crippen molar-refractivity contribution >= 4 is 12.4 Å². The molecule has 0 heterocycles. The Hall–Kier alpha value is -0.950. The van der Waals surface area contributed by atoms with Crippen LogP contribution in [0.15, 0.2) is 6.07 Å². The van der Waals surface area contributed by atoms with Gasteiger partial charge in [0.05, 0.1) is 0 Å². The monoisotopic (exact) mass is 279 g/mol. The van der Waals surface area contributed by atoms with Crippen LogP contribution in [0.5, 0.6) is 0 Å². The smallest absolute Gasteiger partial charge is 0.240 e. The Kier molecular flexibility index (Phi) is 5.77. The normalized spacial score (nSPS) is 12.5. The molecular formula is C9H8ClF6N. The Labute approximate surface area is 99.0 Å². The van der Waals surface area contributed by atoms with E-state index in [0.29, 0.717) is 0 Å². The maximum Gasteiger partial charge on any atom is 0.240 e. The molecule has 0 fully saturated rings. The van der Waals surface area contributed by atoms with Crippen LogP contribution in [-0.2, 0) is 0 Å². The molecule has 0 unspecified atom stereocenters. The molecule has 8 heteroatoms. The second kappa shape index (κ2) is 6.11. The number of rotatable bonds is 3. The molecule has 0 aromatic heterocycles. The van der Waals surface area contributed by atoms with E-state index in [4.69, 9.17) is 5.73 Å². The van der Waals surface area contributed by atoms with E-state index in [-0.39, 0.29) is 18.5 Å². The highest BCUT2D eigenvalue weighted by molar-refractivity contribution is 5.85. The van der Waals surface area contributed by atoms with Crippen molar-refractivity contribution in [2.75, 3.05) is 0 Å². The summed E-state index contributed by atoms with van der Waals surface area (Å²) in [5.41, 5.74) is 3.85. The third kappa shape index (κ3) is 3.50. The first-order valence-electron chi connectivity index (χ1n) is 4.21. The molecule has 1 nitrogen and oxygen atoms in total. The molecule has 0 aliphatic heterocycles. The van der Waals surface area contributed by atoms with Crippen LogP contribution in [0.25, 0.3) is 0 Å². The largest absolute Gasteiger partial charge is 0.324 e. The zero-order chi connectivity index (χ0) is 12.5. The Morgan fingerprint density at radius 3 is 1.76 bits per heavy atom. The van der Waals surface area contributed by atoms with Crippen molar-refractivity contribution in [3.8, 4) is 0 Å². The van der Waals surface area contributed by atoms with Gasteiger partial charge in [-0.25, -0.2) is 26.3 Å². The fourth-order valence-corrected chi connectivity index (χ4v) is 1.23. The fourth-order valence-electron chi connectivity index (χ4n) is 1.23. The minimum atomic E-state index is -2.93. The predicted octanol–water partition coefficient (Wildman–Crippen LogP) is 3.32. The van der Waals surface area contributed by atoms with Crippen molar-refractivity contribution in [2.45, 2.75) is 18.9 Å². The van der Waals surface area contributed by atoms with Gasteiger partial charge in [-0.1, -0.05) is 0 Å². The Morgan fingerprint density at radius 2 is 1.41 bits per heavy atom. The average Bonchev–Trinajstić information content (AvgIpc) is 2.14. The summed E-state index contributed by atoms with van der Waals surface area (Å²) in [6.07, 6.45) is -4.02. The number of benzene rings is 1. The van der Waals surface area contributed by atoms with Crippen LogP contribution in [0.2, 0.25) is 0 Å². The topological polar surface area (TPSA) is 26.0 Å². The Bertz CT molecular complexity index is 371. The molecule has 98 valence electrons. The lowest BCUT2D eigenvalue weighted by Gasteiger charge is -2.14. The fraction of sp³-hybridized carbons (Fsp3) is 0.333. The molecule has 0 radical (unpaired) electrons. The van der Waals surface area contributed by atoms with Gasteiger partial charge in [-0.3, -0.25) is 0 Å². The molecule has 0 amide bonds. The minimum Gasteiger partial charge on any atom is -0.324 e. The average molecular weight is 280 g/mol. The number of nitrogens with two attached hydrogens (primary N) is 1. The molecule has 0 aliphatic rings. The van der Waals surface area contributed by atoms with Gasteiger partial charge in [0.25, 0.3) is 0 Å². The zero-order valence-corrected chi connectivity index (χ0v) is 9.01. The summed E-state index contributed by atoms with van der Waals surface area (Å²) in [6, 6.07) is -1.81. The second-order valence-corrected chi connectivity index (χ2v) is 3.12. The lowest BCUT2D eigenvalue weighted by Crippen LogP contribution is -2.19. The SMILES string of the molecule is Cl.N[C@H](CC(F)F)c1c(F)c(F)cc(F)c1F. The van der Waals surface area contributed by atoms with E-state index in [9.17, 15) is 26.3 Å². The summed E-state index contributed by atoms with van der Waals surface area (Å²) >= 11 is 0. The third-order valence-corrected chi connectivity index (χ3v) is 1.95. The lowest BCUT2D eigenvalue weighted by atomic mass is 10.0. The highest BCUT2D eigenvalue weighted by Crippen LogP contribution is 2.27. The van der Waals surface area contributed by atoms with Crippen LogP contribution in [0.1, 0.15) is 18.0 Å². The molecule has 0 aliphatic carbocycles. The van der Waals surface area contributed by atoms with Crippen molar-refractivity contribution in [1.29, 1.82) is 0 Å². The van der Waals surface area contributed by atoms with E-state index in [1.54, 1.807) is 0 Å². The van der Waals surface area contributed by atoms with Crippen molar-refractivity contribution in [1.82, 2.24) is 0 Å². The molecule has 1 aromatic carbocycles. The summed E-state index contributed by atoms with van der Waals surface area (Å²) in [7, 11) is 0. The number of hydrogen-bond donors (Lipinski definition) is 1. The van der Waals surface area contributed by atoms with Gasteiger partial charge in [0.1, 0.15) is 0 Å². The van der Waals surface area contributed by atoms with E-state index < -0.39 is 47.7 Å². The summed E-state index contributed by atoms with van der Waals surface area (Å²) in [4.78, 5) is 0.